The van der Waals surface area contributed by atoms with Crippen molar-refractivity contribution in [2.24, 2.45) is 0 Å². The van der Waals surface area contributed by atoms with E-state index in [2.05, 4.69) is 163 Å². The molecule has 0 aliphatic rings. The van der Waals surface area contributed by atoms with E-state index in [1.807, 2.05) is 12.1 Å². The number of hydrogen-bond acceptors (Lipinski definition) is 4. The first-order valence-electron chi connectivity index (χ1n) is 15.7. The van der Waals surface area contributed by atoms with Crippen LogP contribution in [0.3, 0.4) is 0 Å². The molecule has 9 rings (SSSR count). The van der Waals surface area contributed by atoms with Gasteiger partial charge in [-0.1, -0.05) is 109 Å². The monoisotopic (exact) mass is 620 g/mol. The summed E-state index contributed by atoms with van der Waals surface area (Å²) in [6.07, 6.45) is 0. The molecule has 0 saturated carbocycles. The molecule has 0 bridgehead atoms. The van der Waals surface area contributed by atoms with Crippen LogP contribution < -0.4 is 4.90 Å². The molecule has 4 heteroatoms. The number of nitrogens with zero attached hydrogens (tertiary/aromatic N) is 2. The molecule has 0 saturated heterocycles. The Labute approximate surface area is 276 Å². The summed E-state index contributed by atoms with van der Waals surface area (Å²) in [5, 5.41) is 3.27. The lowest BCUT2D eigenvalue weighted by Crippen LogP contribution is -2.09. The van der Waals surface area contributed by atoms with Gasteiger partial charge in [0.25, 0.3) is 0 Å². The summed E-state index contributed by atoms with van der Waals surface area (Å²) in [6, 6.07) is 59.6. The van der Waals surface area contributed by atoms with Gasteiger partial charge in [0, 0.05) is 33.4 Å². The maximum Gasteiger partial charge on any atom is 0.137 e. The summed E-state index contributed by atoms with van der Waals surface area (Å²) in [7, 11) is 0. The Morgan fingerprint density at radius 1 is 0.447 bits per heavy atom. The minimum Gasteiger partial charge on any atom is -0.456 e. The van der Waals surface area contributed by atoms with Crippen LogP contribution >= 0.6 is 11.3 Å². The van der Waals surface area contributed by atoms with Crippen molar-refractivity contribution in [1.82, 2.24) is 4.98 Å². The van der Waals surface area contributed by atoms with E-state index >= 15 is 0 Å². The molecule has 2 aromatic heterocycles. The van der Waals surface area contributed by atoms with Gasteiger partial charge in [0.05, 0.1) is 10.2 Å². The van der Waals surface area contributed by atoms with Gasteiger partial charge in [-0.25, -0.2) is 4.98 Å². The Kier molecular flexibility index (Phi) is 6.65. The quantitative estimate of drug-likeness (QED) is 0.185. The number of thiazole rings is 1. The molecule has 7 aromatic carbocycles. The highest BCUT2D eigenvalue weighted by molar-refractivity contribution is 7.22. The average molecular weight is 621 g/mol. The fourth-order valence-electron chi connectivity index (χ4n) is 6.39. The van der Waals surface area contributed by atoms with E-state index in [0.717, 1.165) is 70.9 Å². The second kappa shape index (κ2) is 11.4. The molecule has 0 fully saturated rings. The van der Waals surface area contributed by atoms with E-state index in [-0.39, 0.29) is 0 Å². The zero-order chi connectivity index (χ0) is 31.2. The number of benzene rings is 7. The molecular formula is C43H28N2OS. The normalized spacial score (nSPS) is 11.4. The van der Waals surface area contributed by atoms with Crippen LogP contribution in [0.25, 0.3) is 65.0 Å². The maximum atomic E-state index is 6.43. The lowest BCUT2D eigenvalue weighted by molar-refractivity contribution is 0.669. The van der Waals surface area contributed by atoms with E-state index in [1.165, 1.54) is 11.1 Å². The minimum absolute atomic E-state index is 0.883. The minimum atomic E-state index is 0.883. The number of anilines is 3. The van der Waals surface area contributed by atoms with E-state index in [0.29, 0.717) is 0 Å². The highest BCUT2D eigenvalue weighted by Crippen LogP contribution is 2.41. The van der Waals surface area contributed by atoms with Crippen molar-refractivity contribution >= 4 is 60.6 Å². The summed E-state index contributed by atoms with van der Waals surface area (Å²) < 4.78 is 7.59. The Morgan fingerprint density at radius 3 is 1.64 bits per heavy atom. The fourth-order valence-corrected chi connectivity index (χ4v) is 7.51. The smallest absolute Gasteiger partial charge is 0.137 e. The predicted molar refractivity (Wildman–Crippen MR) is 198 cm³/mol. The van der Waals surface area contributed by atoms with E-state index < -0.39 is 0 Å². The van der Waals surface area contributed by atoms with Crippen LogP contribution in [0.15, 0.2) is 174 Å². The molecule has 47 heavy (non-hydrogen) atoms. The molecule has 0 unspecified atom stereocenters. The largest absolute Gasteiger partial charge is 0.456 e. The number of furan rings is 1. The van der Waals surface area contributed by atoms with Crippen LogP contribution in [-0.2, 0) is 0 Å². The van der Waals surface area contributed by atoms with Gasteiger partial charge in [-0.2, -0.15) is 0 Å². The Morgan fingerprint density at radius 2 is 0.979 bits per heavy atom. The molecule has 9 aromatic rings. The van der Waals surface area contributed by atoms with Gasteiger partial charge in [-0.15, -0.1) is 11.3 Å². The highest BCUT2D eigenvalue weighted by atomic mass is 32.1. The van der Waals surface area contributed by atoms with Gasteiger partial charge in [-0.3, -0.25) is 0 Å². The average Bonchev–Trinajstić information content (AvgIpc) is 3.75. The molecule has 0 amide bonds. The van der Waals surface area contributed by atoms with E-state index in [1.54, 1.807) is 11.3 Å². The van der Waals surface area contributed by atoms with Gasteiger partial charge in [-0.05, 0) is 82.9 Å². The van der Waals surface area contributed by atoms with Crippen LogP contribution in [0.4, 0.5) is 17.1 Å². The van der Waals surface area contributed by atoms with E-state index in [4.69, 9.17) is 9.40 Å². The molecule has 2 heterocycles. The predicted octanol–water partition coefficient (Wildman–Crippen LogP) is 12.7. The lowest BCUT2D eigenvalue weighted by atomic mass is 10.0. The molecular weight excluding hydrogens is 593 g/mol. The van der Waals surface area contributed by atoms with Crippen molar-refractivity contribution in [2.45, 2.75) is 0 Å². The van der Waals surface area contributed by atoms with Crippen LogP contribution in [-0.4, -0.2) is 4.98 Å². The van der Waals surface area contributed by atoms with E-state index in [9.17, 15) is 0 Å². The Balaban J connectivity index is 1.07. The van der Waals surface area contributed by atoms with Crippen molar-refractivity contribution < 1.29 is 4.42 Å². The highest BCUT2D eigenvalue weighted by Gasteiger charge is 2.17. The zero-order valence-electron chi connectivity index (χ0n) is 25.4. The number of hydrogen-bond donors (Lipinski definition) is 0. The SMILES string of the molecule is c1ccc(-c2ccc(N(c3ccccc3)c3ccc(-c4ccc5c(c4)oc4ccc6nc(-c7ccccc7)sc6c45)cc3)cc2)cc1. The third-order valence-electron chi connectivity index (χ3n) is 8.72. The standard InChI is InChI=1S/C43H28N2OS/c1-4-10-29(11-5-1)30-16-21-35(22-17-30)45(34-14-8-3-9-15-34)36-23-18-31(19-24-36)33-20-25-37-40(28-33)46-39-27-26-38-42(41(37)39)47-43(44-38)32-12-6-2-7-13-32/h1-28H. The molecule has 222 valence electrons. The number of rotatable bonds is 6. The van der Waals surface area contributed by atoms with Gasteiger partial charge >= 0.3 is 0 Å². The van der Waals surface area contributed by atoms with Crippen molar-refractivity contribution in [3.05, 3.63) is 170 Å². The van der Waals surface area contributed by atoms with Crippen molar-refractivity contribution in [3.8, 4) is 32.8 Å². The summed E-state index contributed by atoms with van der Waals surface area (Å²) in [5.74, 6) is 0. The summed E-state index contributed by atoms with van der Waals surface area (Å²) >= 11 is 1.72. The number of fused-ring (bicyclic) bond motifs is 5. The lowest BCUT2D eigenvalue weighted by Gasteiger charge is -2.26. The van der Waals surface area contributed by atoms with Crippen molar-refractivity contribution in [2.75, 3.05) is 4.90 Å². The molecule has 0 N–H and O–H groups in total. The van der Waals surface area contributed by atoms with Crippen LogP contribution in [0.5, 0.6) is 0 Å². The van der Waals surface area contributed by atoms with Gasteiger partial charge in [0.1, 0.15) is 16.2 Å². The summed E-state index contributed by atoms with van der Waals surface area (Å²) in [5.41, 5.74) is 11.9. The summed E-state index contributed by atoms with van der Waals surface area (Å²) in [6.45, 7) is 0. The van der Waals surface area contributed by atoms with Crippen LogP contribution in [0, 0.1) is 0 Å². The van der Waals surface area contributed by atoms with Crippen LogP contribution in [0.1, 0.15) is 0 Å². The Bertz CT molecular complexity index is 2480. The molecule has 0 aliphatic carbocycles. The molecule has 3 nitrogen and oxygen atoms in total. The van der Waals surface area contributed by atoms with Crippen LogP contribution in [0.2, 0.25) is 0 Å². The fraction of sp³-hybridized carbons (Fsp3) is 0. The molecule has 0 atom stereocenters. The molecule has 0 spiro atoms. The van der Waals surface area contributed by atoms with Crippen molar-refractivity contribution in [3.63, 3.8) is 0 Å². The van der Waals surface area contributed by atoms with Gasteiger partial charge < -0.3 is 9.32 Å². The van der Waals surface area contributed by atoms with Gasteiger partial charge in [0.2, 0.25) is 0 Å². The first-order valence-corrected chi connectivity index (χ1v) is 16.5. The van der Waals surface area contributed by atoms with Gasteiger partial charge in [0.15, 0.2) is 0 Å². The first kappa shape index (κ1) is 27.3. The first-order chi connectivity index (χ1) is 23.3. The molecule has 0 radical (unpaired) electrons. The maximum absolute atomic E-state index is 6.43. The van der Waals surface area contributed by atoms with Crippen molar-refractivity contribution in [1.29, 1.82) is 0 Å². The third kappa shape index (κ3) is 4.96. The number of aromatic nitrogens is 1. The third-order valence-corrected chi connectivity index (χ3v) is 9.85. The second-order valence-corrected chi connectivity index (χ2v) is 12.6. The zero-order valence-corrected chi connectivity index (χ0v) is 26.2. The summed E-state index contributed by atoms with van der Waals surface area (Å²) in [4.78, 5) is 7.24. The number of para-hydroxylation sites is 1. The second-order valence-electron chi connectivity index (χ2n) is 11.6. The molecule has 0 aliphatic heterocycles. The Hall–Kier alpha value is -5.97. The topological polar surface area (TPSA) is 29.3 Å².